The van der Waals surface area contributed by atoms with Crippen molar-refractivity contribution in [2.24, 2.45) is 0 Å². The maximum atomic E-state index is 13.7. The molecule has 1 saturated heterocycles. The maximum Gasteiger partial charge on any atom is 0.124 e. The number of benzene rings is 1. The fourth-order valence-corrected chi connectivity index (χ4v) is 2.99. The van der Waals surface area contributed by atoms with E-state index in [2.05, 4.69) is 22.2 Å². The summed E-state index contributed by atoms with van der Waals surface area (Å²) in [5.41, 5.74) is 1.89. The van der Waals surface area contributed by atoms with Crippen LogP contribution >= 0.6 is 0 Å². The average molecular weight is 273 g/mol. The van der Waals surface area contributed by atoms with Crippen LogP contribution in [0.3, 0.4) is 0 Å². The number of pyridine rings is 1. The second kappa shape index (κ2) is 5.85. The van der Waals surface area contributed by atoms with Crippen molar-refractivity contribution in [3.8, 4) is 0 Å². The smallest absolute Gasteiger partial charge is 0.124 e. The van der Waals surface area contributed by atoms with E-state index in [4.69, 9.17) is 0 Å². The molecule has 1 aliphatic heterocycles. The number of piperidine rings is 1. The van der Waals surface area contributed by atoms with Crippen molar-refractivity contribution < 1.29 is 4.39 Å². The zero-order chi connectivity index (χ0) is 13.9. The first-order valence-electron chi connectivity index (χ1n) is 7.18. The van der Waals surface area contributed by atoms with Gasteiger partial charge in [-0.2, -0.15) is 0 Å². The molecule has 0 saturated carbocycles. The number of aromatic nitrogens is 1. The molecule has 1 N–H and O–H groups in total. The molecule has 0 bridgehead atoms. The summed E-state index contributed by atoms with van der Waals surface area (Å²) in [5.74, 6) is -0.181. The van der Waals surface area contributed by atoms with E-state index in [1.54, 1.807) is 18.3 Å². The Morgan fingerprint density at radius 2 is 2.15 bits per heavy atom. The molecular formula is C16H20FN3. The van der Waals surface area contributed by atoms with Gasteiger partial charge in [-0.25, -0.2) is 4.39 Å². The minimum absolute atomic E-state index is 0.181. The Bertz CT molecular complexity index is 593. The van der Waals surface area contributed by atoms with E-state index in [-0.39, 0.29) is 5.82 Å². The monoisotopic (exact) mass is 273 g/mol. The predicted molar refractivity (Wildman–Crippen MR) is 79.1 cm³/mol. The number of halogens is 1. The lowest BCUT2D eigenvalue weighted by molar-refractivity contribution is 0.192. The summed E-state index contributed by atoms with van der Waals surface area (Å²) in [6.07, 6.45) is 4.07. The van der Waals surface area contributed by atoms with Crippen LogP contribution < -0.4 is 5.32 Å². The second-order valence-corrected chi connectivity index (χ2v) is 5.54. The van der Waals surface area contributed by atoms with E-state index >= 15 is 0 Å². The van der Waals surface area contributed by atoms with Gasteiger partial charge in [0.05, 0.1) is 5.52 Å². The van der Waals surface area contributed by atoms with Gasteiger partial charge in [0.15, 0.2) is 0 Å². The molecule has 1 aromatic heterocycles. The largest absolute Gasteiger partial charge is 0.317 e. The highest BCUT2D eigenvalue weighted by atomic mass is 19.1. The highest BCUT2D eigenvalue weighted by Gasteiger charge is 2.18. The molecule has 0 unspecified atom stereocenters. The number of nitrogens with zero attached hydrogens (tertiary/aromatic N) is 2. The van der Waals surface area contributed by atoms with Crippen LogP contribution in [-0.4, -0.2) is 36.1 Å². The molecule has 3 nitrogen and oxygen atoms in total. The summed E-state index contributed by atoms with van der Waals surface area (Å²) in [7, 11) is 2.12. The molecule has 1 aromatic carbocycles. The van der Waals surface area contributed by atoms with Gasteiger partial charge in [-0.05, 0) is 56.7 Å². The van der Waals surface area contributed by atoms with Crippen molar-refractivity contribution in [1.29, 1.82) is 0 Å². The van der Waals surface area contributed by atoms with Crippen LogP contribution in [0.4, 0.5) is 4.39 Å². The number of hydrogen-bond acceptors (Lipinski definition) is 3. The molecule has 1 aliphatic rings. The Labute approximate surface area is 118 Å². The number of hydrogen-bond donors (Lipinski definition) is 1. The van der Waals surface area contributed by atoms with E-state index < -0.39 is 0 Å². The van der Waals surface area contributed by atoms with Gasteiger partial charge >= 0.3 is 0 Å². The fourth-order valence-electron chi connectivity index (χ4n) is 2.99. The summed E-state index contributed by atoms with van der Waals surface area (Å²) >= 11 is 0. The molecule has 0 atom stereocenters. The minimum atomic E-state index is -0.181. The van der Waals surface area contributed by atoms with E-state index in [1.165, 1.54) is 0 Å². The number of rotatable bonds is 3. The fraction of sp³-hybridized carbons (Fsp3) is 0.438. The Morgan fingerprint density at radius 1 is 1.35 bits per heavy atom. The molecule has 0 spiro atoms. The van der Waals surface area contributed by atoms with Crippen molar-refractivity contribution >= 4 is 10.9 Å². The molecule has 106 valence electrons. The van der Waals surface area contributed by atoms with Gasteiger partial charge in [-0.1, -0.05) is 6.07 Å². The number of fused-ring (bicyclic) bond motifs is 1. The molecule has 3 rings (SSSR count). The summed E-state index contributed by atoms with van der Waals surface area (Å²) < 4.78 is 13.7. The Balaban J connectivity index is 1.86. The molecule has 0 aliphatic carbocycles. The van der Waals surface area contributed by atoms with Gasteiger partial charge < -0.3 is 5.32 Å². The standard InChI is InChI=1S/C16H20FN3/c1-20(15-4-7-18-8-5-15)11-13-10-14(17)9-12-3-2-6-19-16(12)13/h2-3,6,9-10,15,18H,4-5,7-8,11H2,1H3. The van der Waals surface area contributed by atoms with Gasteiger partial charge in [0.1, 0.15) is 5.82 Å². The molecule has 4 heteroatoms. The molecule has 2 aromatic rings. The molecule has 0 amide bonds. The zero-order valence-electron chi connectivity index (χ0n) is 11.8. The van der Waals surface area contributed by atoms with Crippen molar-refractivity contribution in [2.75, 3.05) is 20.1 Å². The summed E-state index contributed by atoms with van der Waals surface area (Å²) in [6, 6.07) is 7.50. The van der Waals surface area contributed by atoms with Crippen LogP contribution in [0.15, 0.2) is 30.5 Å². The van der Waals surface area contributed by atoms with E-state index in [0.717, 1.165) is 48.9 Å². The molecule has 2 heterocycles. The first-order chi connectivity index (χ1) is 9.74. The average Bonchev–Trinajstić information content (AvgIpc) is 2.48. The van der Waals surface area contributed by atoms with Crippen LogP contribution in [0.1, 0.15) is 18.4 Å². The van der Waals surface area contributed by atoms with Crippen LogP contribution in [0.5, 0.6) is 0 Å². The third kappa shape index (κ3) is 2.81. The summed E-state index contributed by atoms with van der Waals surface area (Å²) in [4.78, 5) is 6.74. The van der Waals surface area contributed by atoms with Crippen molar-refractivity contribution in [3.05, 3.63) is 41.8 Å². The quantitative estimate of drug-likeness (QED) is 0.931. The van der Waals surface area contributed by atoms with Gasteiger partial charge in [0.2, 0.25) is 0 Å². The van der Waals surface area contributed by atoms with Gasteiger partial charge in [-0.3, -0.25) is 9.88 Å². The molecule has 20 heavy (non-hydrogen) atoms. The van der Waals surface area contributed by atoms with E-state index in [9.17, 15) is 4.39 Å². The second-order valence-electron chi connectivity index (χ2n) is 5.54. The molecular weight excluding hydrogens is 253 g/mol. The topological polar surface area (TPSA) is 28.2 Å². The van der Waals surface area contributed by atoms with Crippen LogP contribution in [0.2, 0.25) is 0 Å². The molecule has 0 radical (unpaired) electrons. The van der Waals surface area contributed by atoms with Crippen molar-refractivity contribution in [3.63, 3.8) is 0 Å². The minimum Gasteiger partial charge on any atom is -0.317 e. The first kappa shape index (κ1) is 13.5. The number of nitrogens with one attached hydrogen (secondary N) is 1. The lowest BCUT2D eigenvalue weighted by Gasteiger charge is -2.31. The molecule has 1 fully saturated rings. The van der Waals surface area contributed by atoms with Gasteiger partial charge in [0, 0.05) is 24.2 Å². The highest BCUT2D eigenvalue weighted by molar-refractivity contribution is 5.81. The Kier molecular flexibility index (Phi) is 3.94. The van der Waals surface area contributed by atoms with Crippen LogP contribution in [0, 0.1) is 5.82 Å². The van der Waals surface area contributed by atoms with Crippen molar-refractivity contribution in [1.82, 2.24) is 15.2 Å². The normalized spacial score (nSPS) is 16.9. The lowest BCUT2D eigenvalue weighted by Crippen LogP contribution is -2.40. The first-order valence-corrected chi connectivity index (χ1v) is 7.18. The highest BCUT2D eigenvalue weighted by Crippen LogP contribution is 2.21. The van der Waals surface area contributed by atoms with E-state index in [1.807, 2.05) is 12.1 Å². The Morgan fingerprint density at radius 3 is 2.95 bits per heavy atom. The van der Waals surface area contributed by atoms with Gasteiger partial charge in [0.25, 0.3) is 0 Å². The summed E-state index contributed by atoms with van der Waals surface area (Å²) in [6.45, 7) is 2.88. The zero-order valence-corrected chi connectivity index (χ0v) is 11.8. The predicted octanol–water partition coefficient (Wildman–Crippen LogP) is 2.56. The third-order valence-corrected chi connectivity index (χ3v) is 4.10. The summed E-state index contributed by atoms with van der Waals surface area (Å²) in [5, 5.41) is 4.25. The third-order valence-electron chi connectivity index (χ3n) is 4.10. The van der Waals surface area contributed by atoms with Gasteiger partial charge in [-0.15, -0.1) is 0 Å². The van der Waals surface area contributed by atoms with Crippen LogP contribution in [0.25, 0.3) is 10.9 Å². The van der Waals surface area contributed by atoms with Crippen molar-refractivity contribution in [2.45, 2.75) is 25.4 Å². The Hall–Kier alpha value is -1.52. The maximum absolute atomic E-state index is 13.7. The SMILES string of the molecule is CN(Cc1cc(F)cc2cccnc12)C1CCNCC1. The lowest BCUT2D eigenvalue weighted by atomic mass is 10.0. The van der Waals surface area contributed by atoms with Crippen LogP contribution in [-0.2, 0) is 6.54 Å². The van der Waals surface area contributed by atoms with E-state index in [0.29, 0.717) is 6.04 Å².